The molecule has 0 amide bonds. The fourth-order valence-corrected chi connectivity index (χ4v) is 2.75. The zero-order valence-corrected chi connectivity index (χ0v) is 11.1. The summed E-state index contributed by atoms with van der Waals surface area (Å²) in [7, 11) is 0. The Balaban J connectivity index is 0.00000128. The van der Waals surface area contributed by atoms with Crippen LogP contribution in [-0.2, 0) is 6.54 Å². The average Bonchev–Trinajstić information content (AvgIpc) is 2.63. The highest BCUT2D eigenvalue weighted by atomic mass is 35.5. The lowest BCUT2D eigenvalue weighted by atomic mass is 9.70. The third-order valence-corrected chi connectivity index (χ3v) is 4.17. The first-order valence-corrected chi connectivity index (χ1v) is 6.23. The Bertz CT molecular complexity index is 377. The fourth-order valence-electron chi connectivity index (χ4n) is 1.98. The van der Waals surface area contributed by atoms with Crippen LogP contribution in [0.4, 0.5) is 0 Å². The lowest BCUT2D eigenvalue weighted by molar-refractivity contribution is 0.156. The van der Waals surface area contributed by atoms with Gasteiger partial charge in [0.05, 0.1) is 0 Å². The molecule has 1 aliphatic rings. The van der Waals surface area contributed by atoms with Crippen LogP contribution >= 0.6 is 23.7 Å². The van der Waals surface area contributed by atoms with Gasteiger partial charge in [-0.15, -0.1) is 23.7 Å². The Labute approximate surface area is 107 Å². The highest BCUT2D eigenvalue weighted by Gasteiger charge is 2.30. The van der Waals surface area contributed by atoms with Gasteiger partial charge in [0.2, 0.25) is 0 Å². The topological polar surface area (TPSA) is 35.8 Å². The molecule has 1 aromatic heterocycles. The van der Waals surface area contributed by atoms with E-state index in [-0.39, 0.29) is 12.4 Å². The molecule has 0 aromatic carbocycles. The smallest absolute Gasteiger partial charge is 0.110 e. The van der Waals surface area contributed by atoms with Crippen molar-refractivity contribution in [1.29, 1.82) is 5.26 Å². The minimum absolute atomic E-state index is 0. The molecule has 0 aliphatic heterocycles. The van der Waals surface area contributed by atoms with Crippen LogP contribution in [0.25, 0.3) is 0 Å². The molecule has 4 heteroatoms. The third-order valence-electron chi connectivity index (χ3n) is 3.18. The molecule has 1 saturated carbocycles. The van der Waals surface area contributed by atoms with Crippen LogP contribution in [0.3, 0.4) is 0 Å². The maximum Gasteiger partial charge on any atom is 0.110 e. The molecule has 0 unspecified atom stereocenters. The summed E-state index contributed by atoms with van der Waals surface area (Å²) in [4.78, 5) is 2.07. The maximum atomic E-state index is 8.69. The van der Waals surface area contributed by atoms with Crippen molar-refractivity contribution >= 4 is 23.7 Å². The minimum Gasteiger partial charge on any atom is -0.311 e. The van der Waals surface area contributed by atoms with E-state index in [0.29, 0.717) is 5.41 Å². The van der Waals surface area contributed by atoms with Crippen molar-refractivity contribution in [3.63, 3.8) is 0 Å². The van der Waals surface area contributed by atoms with E-state index in [1.165, 1.54) is 24.1 Å². The molecule has 2 rings (SSSR count). The van der Waals surface area contributed by atoms with Gasteiger partial charge in [0.1, 0.15) is 10.9 Å². The van der Waals surface area contributed by atoms with E-state index in [1.54, 1.807) is 11.3 Å². The number of thiophene rings is 1. The SMILES string of the molecule is CC1(CNCc2ccc(C#N)s2)CCC1.Cl. The summed E-state index contributed by atoms with van der Waals surface area (Å²) in [5.74, 6) is 0. The largest absolute Gasteiger partial charge is 0.311 e. The molecule has 88 valence electrons. The van der Waals surface area contributed by atoms with Gasteiger partial charge in [-0.3, -0.25) is 0 Å². The number of hydrogen-bond donors (Lipinski definition) is 1. The molecule has 0 bridgehead atoms. The number of nitrogens with zero attached hydrogens (tertiary/aromatic N) is 1. The van der Waals surface area contributed by atoms with Gasteiger partial charge in [-0.2, -0.15) is 5.26 Å². The Morgan fingerprint density at radius 3 is 2.75 bits per heavy atom. The zero-order chi connectivity index (χ0) is 10.7. The average molecular weight is 257 g/mol. The monoisotopic (exact) mass is 256 g/mol. The van der Waals surface area contributed by atoms with Gasteiger partial charge in [0.25, 0.3) is 0 Å². The van der Waals surface area contributed by atoms with E-state index in [4.69, 9.17) is 5.26 Å². The van der Waals surface area contributed by atoms with Crippen molar-refractivity contribution in [2.75, 3.05) is 6.54 Å². The summed E-state index contributed by atoms with van der Waals surface area (Å²) in [5.41, 5.74) is 0.537. The van der Waals surface area contributed by atoms with Gasteiger partial charge in [0, 0.05) is 18.0 Å². The van der Waals surface area contributed by atoms with Crippen LogP contribution < -0.4 is 5.32 Å². The summed E-state index contributed by atoms with van der Waals surface area (Å²) in [6.07, 6.45) is 4.09. The van der Waals surface area contributed by atoms with Gasteiger partial charge in [-0.25, -0.2) is 0 Å². The lowest BCUT2D eigenvalue weighted by Crippen LogP contribution is -2.36. The van der Waals surface area contributed by atoms with Gasteiger partial charge >= 0.3 is 0 Å². The summed E-state index contributed by atoms with van der Waals surface area (Å²) in [6.45, 7) is 4.35. The van der Waals surface area contributed by atoms with Crippen LogP contribution in [-0.4, -0.2) is 6.54 Å². The van der Waals surface area contributed by atoms with Gasteiger partial charge in [-0.05, 0) is 30.4 Å². The first kappa shape index (κ1) is 13.5. The van der Waals surface area contributed by atoms with Crippen LogP contribution in [0, 0.1) is 16.7 Å². The molecular formula is C12H17ClN2S. The number of rotatable bonds is 4. The van der Waals surface area contributed by atoms with Crippen molar-refractivity contribution < 1.29 is 0 Å². The maximum absolute atomic E-state index is 8.69. The predicted molar refractivity (Wildman–Crippen MR) is 69.9 cm³/mol. The first-order chi connectivity index (χ1) is 7.22. The molecular weight excluding hydrogens is 240 g/mol. The van der Waals surface area contributed by atoms with Crippen molar-refractivity contribution in [3.8, 4) is 6.07 Å². The first-order valence-electron chi connectivity index (χ1n) is 5.41. The highest BCUT2D eigenvalue weighted by Crippen LogP contribution is 2.39. The second kappa shape index (κ2) is 5.67. The number of nitrogens with one attached hydrogen (secondary N) is 1. The molecule has 1 heterocycles. The molecule has 0 atom stereocenters. The molecule has 0 radical (unpaired) electrons. The van der Waals surface area contributed by atoms with Crippen LogP contribution in [0.15, 0.2) is 12.1 Å². The molecule has 0 spiro atoms. The van der Waals surface area contributed by atoms with E-state index in [9.17, 15) is 0 Å². The zero-order valence-electron chi connectivity index (χ0n) is 9.45. The number of nitriles is 1. The van der Waals surface area contributed by atoms with Crippen LogP contribution in [0.5, 0.6) is 0 Å². The standard InChI is InChI=1S/C12H16N2S.ClH/c1-12(5-2-6-12)9-14-8-11-4-3-10(7-13)15-11;/h3-4,14H,2,5-6,8-9H2,1H3;1H. The third kappa shape index (κ3) is 3.21. The van der Waals surface area contributed by atoms with Gasteiger partial charge in [0.15, 0.2) is 0 Å². The highest BCUT2D eigenvalue weighted by molar-refractivity contribution is 7.12. The molecule has 0 saturated heterocycles. The number of hydrogen-bond acceptors (Lipinski definition) is 3. The normalized spacial score (nSPS) is 17.0. The van der Waals surface area contributed by atoms with E-state index in [0.717, 1.165) is 18.0 Å². The summed E-state index contributed by atoms with van der Waals surface area (Å²) in [6, 6.07) is 6.10. The number of halogens is 1. The molecule has 1 N–H and O–H groups in total. The summed E-state index contributed by atoms with van der Waals surface area (Å²) >= 11 is 1.59. The summed E-state index contributed by atoms with van der Waals surface area (Å²) < 4.78 is 0. The van der Waals surface area contributed by atoms with Gasteiger partial charge < -0.3 is 5.32 Å². The predicted octanol–water partition coefficient (Wildman–Crippen LogP) is 3.32. The van der Waals surface area contributed by atoms with Crippen LogP contribution in [0.2, 0.25) is 0 Å². The second-order valence-electron chi connectivity index (χ2n) is 4.65. The quantitative estimate of drug-likeness (QED) is 0.897. The fraction of sp³-hybridized carbons (Fsp3) is 0.583. The van der Waals surface area contributed by atoms with Crippen molar-refractivity contribution in [2.45, 2.75) is 32.7 Å². The second-order valence-corrected chi connectivity index (χ2v) is 5.81. The van der Waals surface area contributed by atoms with E-state index in [2.05, 4.69) is 18.3 Å². The van der Waals surface area contributed by atoms with E-state index < -0.39 is 0 Å². The lowest BCUT2D eigenvalue weighted by Gasteiger charge is -2.38. The van der Waals surface area contributed by atoms with Crippen molar-refractivity contribution in [2.24, 2.45) is 5.41 Å². The Kier molecular flexibility index (Phi) is 4.79. The van der Waals surface area contributed by atoms with Crippen LogP contribution in [0.1, 0.15) is 35.9 Å². The van der Waals surface area contributed by atoms with Crippen molar-refractivity contribution in [3.05, 3.63) is 21.9 Å². The Hall–Kier alpha value is -0.560. The van der Waals surface area contributed by atoms with E-state index >= 15 is 0 Å². The molecule has 2 nitrogen and oxygen atoms in total. The van der Waals surface area contributed by atoms with Crippen molar-refractivity contribution in [1.82, 2.24) is 5.32 Å². The molecule has 1 aliphatic carbocycles. The molecule has 16 heavy (non-hydrogen) atoms. The van der Waals surface area contributed by atoms with Gasteiger partial charge in [-0.1, -0.05) is 13.3 Å². The summed E-state index contributed by atoms with van der Waals surface area (Å²) in [5, 5.41) is 12.2. The Morgan fingerprint density at radius 2 is 2.25 bits per heavy atom. The minimum atomic E-state index is 0. The molecule has 1 fully saturated rings. The molecule has 1 aromatic rings. The Morgan fingerprint density at radius 1 is 1.50 bits per heavy atom. The van der Waals surface area contributed by atoms with E-state index in [1.807, 2.05) is 12.1 Å².